The van der Waals surface area contributed by atoms with Gasteiger partial charge in [-0.05, 0) is 30.0 Å². The minimum absolute atomic E-state index is 0.243. The molecule has 0 aliphatic heterocycles. The number of nitrogens with two attached hydrogens (primary N) is 1. The average Bonchev–Trinajstić information content (AvgIpc) is 2.94. The quantitative estimate of drug-likeness (QED) is 0.835. The average molecular weight is 295 g/mol. The van der Waals surface area contributed by atoms with Gasteiger partial charge in [0.15, 0.2) is 0 Å². The molecule has 1 heterocycles. The van der Waals surface area contributed by atoms with Gasteiger partial charge in [-0.25, -0.2) is 0 Å². The van der Waals surface area contributed by atoms with Gasteiger partial charge in [0.05, 0.1) is 17.8 Å². The predicted molar refractivity (Wildman–Crippen MR) is 84.1 cm³/mol. The van der Waals surface area contributed by atoms with Crippen LogP contribution in [0.5, 0.6) is 0 Å². The number of carbonyl (C=O) groups excluding carboxylic acids is 1. The van der Waals surface area contributed by atoms with E-state index in [1.807, 2.05) is 13.0 Å². The molecule has 0 aliphatic rings. The third-order valence-electron chi connectivity index (χ3n) is 2.83. The van der Waals surface area contributed by atoms with Crippen molar-refractivity contribution < 1.29 is 4.79 Å². The summed E-state index contributed by atoms with van der Waals surface area (Å²) in [7, 11) is 0. The normalized spacial score (nSPS) is 9.38. The van der Waals surface area contributed by atoms with Crippen molar-refractivity contribution in [2.45, 2.75) is 6.92 Å². The predicted octanol–water partition coefficient (Wildman–Crippen LogP) is 2.49. The molecule has 5 heteroatoms. The maximum absolute atomic E-state index is 12.3. The Balaban J connectivity index is 2.30. The summed E-state index contributed by atoms with van der Waals surface area (Å²) < 4.78 is 0. The number of anilines is 1. The SMILES string of the molecule is Cc1cccc(NC(=O)c2sccc2C#CCN)c1C#N. The molecule has 0 atom stereocenters. The zero-order valence-electron chi connectivity index (χ0n) is 11.4. The molecule has 2 aromatic rings. The van der Waals surface area contributed by atoms with E-state index < -0.39 is 0 Å². The van der Waals surface area contributed by atoms with Gasteiger partial charge in [0.25, 0.3) is 5.91 Å². The number of nitriles is 1. The minimum Gasteiger partial charge on any atom is -0.320 e. The summed E-state index contributed by atoms with van der Waals surface area (Å²) in [5.74, 6) is 5.33. The standard InChI is InChI=1S/C16H13N3OS/c1-11-4-2-6-14(13(11)10-18)19-16(20)15-12(5-3-8-17)7-9-21-15/h2,4,6-7,9H,8,17H2,1H3,(H,19,20). The minimum atomic E-state index is -0.270. The highest BCUT2D eigenvalue weighted by molar-refractivity contribution is 7.12. The van der Waals surface area contributed by atoms with E-state index >= 15 is 0 Å². The lowest BCUT2D eigenvalue weighted by Gasteiger charge is -2.08. The summed E-state index contributed by atoms with van der Waals surface area (Å²) >= 11 is 1.31. The Kier molecular flexibility index (Phi) is 4.73. The van der Waals surface area contributed by atoms with Crippen LogP contribution in [0.15, 0.2) is 29.6 Å². The van der Waals surface area contributed by atoms with Gasteiger partial charge < -0.3 is 11.1 Å². The van der Waals surface area contributed by atoms with Gasteiger partial charge in [0.2, 0.25) is 0 Å². The van der Waals surface area contributed by atoms with Crippen molar-refractivity contribution in [1.29, 1.82) is 5.26 Å². The van der Waals surface area contributed by atoms with E-state index in [9.17, 15) is 10.1 Å². The van der Waals surface area contributed by atoms with Crippen LogP contribution in [-0.2, 0) is 0 Å². The third kappa shape index (κ3) is 3.29. The van der Waals surface area contributed by atoms with Crippen LogP contribution in [0.25, 0.3) is 0 Å². The molecule has 2 rings (SSSR count). The fourth-order valence-corrected chi connectivity index (χ4v) is 2.57. The fraction of sp³-hybridized carbons (Fsp3) is 0.125. The first kappa shape index (κ1) is 14.8. The van der Waals surface area contributed by atoms with Crippen LogP contribution in [0.1, 0.15) is 26.4 Å². The molecular weight excluding hydrogens is 282 g/mol. The Labute approximate surface area is 127 Å². The summed E-state index contributed by atoms with van der Waals surface area (Å²) in [5.41, 5.74) is 7.79. The van der Waals surface area contributed by atoms with E-state index in [1.165, 1.54) is 11.3 Å². The Morgan fingerprint density at radius 1 is 1.43 bits per heavy atom. The van der Waals surface area contributed by atoms with Crippen molar-refractivity contribution in [2.75, 3.05) is 11.9 Å². The van der Waals surface area contributed by atoms with Crippen molar-refractivity contribution in [1.82, 2.24) is 0 Å². The number of nitrogens with zero attached hydrogens (tertiary/aromatic N) is 1. The molecule has 21 heavy (non-hydrogen) atoms. The van der Waals surface area contributed by atoms with E-state index in [0.717, 1.165) is 5.56 Å². The third-order valence-corrected chi connectivity index (χ3v) is 3.74. The van der Waals surface area contributed by atoms with Crippen LogP contribution >= 0.6 is 11.3 Å². The highest BCUT2D eigenvalue weighted by Crippen LogP contribution is 2.22. The summed E-state index contributed by atoms with van der Waals surface area (Å²) in [5, 5.41) is 13.8. The van der Waals surface area contributed by atoms with Crippen LogP contribution < -0.4 is 11.1 Å². The van der Waals surface area contributed by atoms with Crippen LogP contribution in [-0.4, -0.2) is 12.5 Å². The Morgan fingerprint density at radius 3 is 2.95 bits per heavy atom. The van der Waals surface area contributed by atoms with Crippen LogP contribution in [0.4, 0.5) is 5.69 Å². The molecule has 0 aliphatic carbocycles. The Hall–Kier alpha value is -2.60. The van der Waals surface area contributed by atoms with Gasteiger partial charge in [-0.15, -0.1) is 11.3 Å². The maximum Gasteiger partial charge on any atom is 0.267 e. The number of amides is 1. The summed E-state index contributed by atoms with van der Waals surface area (Å²) in [6.07, 6.45) is 0. The number of benzene rings is 1. The lowest BCUT2D eigenvalue weighted by atomic mass is 10.1. The highest BCUT2D eigenvalue weighted by Gasteiger charge is 2.14. The molecule has 0 spiro atoms. The molecule has 104 valence electrons. The summed E-state index contributed by atoms with van der Waals surface area (Å²) in [6.45, 7) is 2.07. The molecular formula is C16H13N3OS. The number of rotatable bonds is 2. The first-order valence-electron chi connectivity index (χ1n) is 6.25. The number of aryl methyl sites for hydroxylation is 1. The van der Waals surface area contributed by atoms with Gasteiger partial charge in [0, 0.05) is 5.56 Å². The van der Waals surface area contributed by atoms with Crippen LogP contribution in [0.2, 0.25) is 0 Å². The monoisotopic (exact) mass is 295 g/mol. The van der Waals surface area contributed by atoms with Gasteiger partial charge in [-0.3, -0.25) is 4.79 Å². The van der Waals surface area contributed by atoms with E-state index in [4.69, 9.17) is 5.73 Å². The Morgan fingerprint density at radius 2 is 2.24 bits per heavy atom. The maximum atomic E-state index is 12.3. The van der Waals surface area contributed by atoms with E-state index in [-0.39, 0.29) is 12.5 Å². The van der Waals surface area contributed by atoms with Crippen molar-refractivity contribution >= 4 is 22.9 Å². The second kappa shape index (κ2) is 6.71. The second-order valence-electron chi connectivity index (χ2n) is 4.23. The fourth-order valence-electron chi connectivity index (χ4n) is 1.83. The van der Waals surface area contributed by atoms with Crippen LogP contribution in [0, 0.1) is 30.1 Å². The molecule has 1 aromatic carbocycles. The van der Waals surface area contributed by atoms with Gasteiger partial charge in [0.1, 0.15) is 10.9 Å². The summed E-state index contributed by atoms with van der Waals surface area (Å²) in [6, 6.07) is 9.23. The molecule has 1 amide bonds. The molecule has 3 N–H and O–H groups in total. The van der Waals surface area contributed by atoms with Crippen molar-refractivity contribution in [3.63, 3.8) is 0 Å². The van der Waals surface area contributed by atoms with Crippen LogP contribution in [0.3, 0.4) is 0 Å². The lowest BCUT2D eigenvalue weighted by molar-refractivity contribution is 0.103. The zero-order valence-corrected chi connectivity index (χ0v) is 12.3. The number of thiophene rings is 1. The van der Waals surface area contributed by atoms with E-state index in [1.54, 1.807) is 23.6 Å². The first-order chi connectivity index (χ1) is 10.2. The molecule has 0 saturated heterocycles. The number of nitrogens with one attached hydrogen (secondary N) is 1. The largest absolute Gasteiger partial charge is 0.320 e. The number of hydrogen-bond acceptors (Lipinski definition) is 4. The molecule has 0 saturated carbocycles. The molecule has 0 bridgehead atoms. The number of carbonyl (C=O) groups is 1. The topological polar surface area (TPSA) is 78.9 Å². The Bertz CT molecular complexity index is 775. The molecule has 0 unspecified atom stereocenters. The van der Waals surface area contributed by atoms with Gasteiger partial charge in [-0.1, -0.05) is 24.0 Å². The number of hydrogen-bond donors (Lipinski definition) is 2. The van der Waals surface area contributed by atoms with Crippen molar-refractivity contribution in [3.05, 3.63) is 51.2 Å². The highest BCUT2D eigenvalue weighted by atomic mass is 32.1. The molecule has 0 fully saturated rings. The molecule has 0 radical (unpaired) electrons. The lowest BCUT2D eigenvalue weighted by Crippen LogP contribution is -2.13. The first-order valence-corrected chi connectivity index (χ1v) is 7.13. The van der Waals surface area contributed by atoms with E-state index in [0.29, 0.717) is 21.7 Å². The smallest absolute Gasteiger partial charge is 0.267 e. The van der Waals surface area contributed by atoms with E-state index in [2.05, 4.69) is 23.2 Å². The summed E-state index contributed by atoms with van der Waals surface area (Å²) in [4.78, 5) is 12.8. The zero-order chi connectivity index (χ0) is 15.2. The van der Waals surface area contributed by atoms with Gasteiger partial charge >= 0.3 is 0 Å². The second-order valence-corrected chi connectivity index (χ2v) is 5.15. The van der Waals surface area contributed by atoms with Crippen molar-refractivity contribution in [3.8, 4) is 17.9 Å². The molecule has 1 aromatic heterocycles. The van der Waals surface area contributed by atoms with Crippen molar-refractivity contribution in [2.24, 2.45) is 5.73 Å². The van der Waals surface area contributed by atoms with Gasteiger partial charge in [-0.2, -0.15) is 5.26 Å². The molecule has 4 nitrogen and oxygen atoms in total.